The average molecular weight is 498 g/mol. The second-order valence-corrected chi connectivity index (χ2v) is 9.82. The van der Waals surface area contributed by atoms with E-state index in [-0.39, 0.29) is 34.1 Å². The van der Waals surface area contributed by atoms with Gasteiger partial charge in [0, 0.05) is 11.6 Å². The number of benzene rings is 2. The van der Waals surface area contributed by atoms with E-state index in [0.717, 1.165) is 12.1 Å². The van der Waals surface area contributed by atoms with Gasteiger partial charge in [-0.3, -0.25) is 9.59 Å². The van der Waals surface area contributed by atoms with Crippen LogP contribution in [0, 0.1) is 16.7 Å². The Morgan fingerprint density at radius 3 is 2.57 bits per heavy atom. The first-order valence-corrected chi connectivity index (χ1v) is 11.4. The van der Waals surface area contributed by atoms with Gasteiger partial charge in [-0.25, -0.2) is 4.98 Å². The Hall–Kier alpha value is -3.98. The summed E-state index contributed by atoms with van der Waals surface area (Å²) >= 11 is 1.24. The lowest BCUT2D eigenvalue weighted by molar-refractivity contribution is -0.286. The number of halogens is 2. The van der Waals surface area contributed by atoms with Gasteiger partial charge in [0.2, 0.25) is 0 Å². The molecule has 2 N–H and O–H groups in total. The number of hydrogen-bond donors (Lipinski definition) is 2. The molecule has 2 aromatic carbocycles. The van der Waals surface area contributed by atoms with Crippen LogP contribution in [-0.4, -0.2) is 35.7 Å². The molecule has 0 radical (unpaired) electrons. The molecule has 1 aromatic heterocycles. The Morgan fingerprint density at radius 1 is 1.17 bits per heavy atom. The minimum atomic E-state index is -3.90. The Labute approximate surface area is 200 Å². The molecule has 0 atom stereocenters. The third-order valence-electron chi connectivity index (χ3n) is 6.59. The number of hydrogen-bond acceptors (Lipinski definition) is 8. The molecule has 4 aliphatic rings. The summed E-state index contributed by atoms with van der Waals surface area (Å²) in [6.45, 7) is 0. The second-order valence-electron chi connectivity index (χ2n) is 8.97. The number of amides is 2. The van der Waals surface area contributed by atoms with E-state index in [0.29, 0.717) is 29.5 Å². The summed E-state index contributed by atoms with van der Waals surface area (Å²) in [7, 11) is 1.42. The zero-order chi connectivity index (χ0) is 24.6. The number of thiazole rings is 1. The van der Waals surface area contributed by atoms with E-state index >= 15 is 0 Å². The minimum Gasteiger partial charge on any atom is -0.496 e. The first-order valence-electron chi connectivity index (χ1n) is 10.5. The van der Waals surface area contributed by atoms with Gasteiger partial charge in [-0.2, -0.15) is 5.26 Å². The summed E-state index contributed by atoms with van der Waals surface area (Å²) in [6, 6.07) is 7.80. The second kappa shape index (κ2) is 7.02. The number of carbonyl (C=O) groups is 2. The molecule has 0 spiro atoms. The topological polar surface area (TPSA) is 123 Å². The van der Waals surface area contributed by atoms with Gasteiger partial charge in [0.05, 0.1) is 45.6 Å². The van der Waals surface area contributed by atoms with Gasteiger partial charge in [-0.15, -0.1) is 20.1 Å². The average Bonchev–Trinajstić information content (AvgIpc) is 3.35. The van der Waals surface area contributed by atoms with Gasteiger partial charge in [0.25, 0.3) is 11.8 Å². The Balaban J connectivity index is 1.36. The predicted molar refractivity (Wildman–Crippen MR) is 119 cm³/mol. The molecule has 35 heavy (non-hydrogen) atoms. The molecular weight excluding hydrogens is 482 g/mol. The monoisotopic (exact) mass is 498 g/mol. The van der Waals surface area contributed by atoms with E-state index in [1.807, 2.05) is 0 Å². The van der Waals surface area contributed by atoms with E-state index < -0.39 is 29.1 Å². The summed E-state index contributed by atoms with van der Waals surface area (Å²) in [4.78, 5) is 30.8. The van der Waals surface area contributed by atoms with Gasteiger partial charge in [-0.05, 0) is 37.5 Å². The molecule has 2 bridgehead atoms. The molecule has 178 valence electrons. The number of ether oxygens (including phenoxy) is 3. The van der Waals surface area contributed by atoms with E-state index in [9.17, 15) is 23.6 Å². The van der Waals surface area contributed by atoms with Crippen LogP contribution in [0.4, 0.5) is 14.5 Å². The summed E-state index contributed by atoms with van der Waals surface area (Å²) in [6.07, 6.45) is -2.32. The van der Waals surface area contributed by atoms with Crippen LogP contribution < -0.4 is 24.8 Å². The van der Waals surface area contributed by atoms with E-state index in [2.05, 4.69) is 31.2 Å². The summed E-state index contributed by atoms with van der Waals surface area (Å²) in [5.74, 6) is -1.57. The van der Waals surface area contributed by atoms with Crippen molar-refractivity contribution in [2.75, 3.05) is 12.4 Å². The van der Waals surface area contributed by atoms with Crippen molar-refractivity contribution in [2.24, 2.45) is 5.41 Å². The number of nitrogens with zero attached hydrogens (tertiary/aromatic N) is 2. The molecular formula is C23H16F2N4O5S. The van der Waals surface area contributed by atoms with E-state index in [4.69, 9.17) is 4.74 Å². The number of aromatic nitrogens is 1. The largest absolute Gasteiger partial charge is 0.586 e. The summed E-state index contributed by atoms with van der Waals surface area (Å²) in [5, 5.41) is 14.8. The number of anilines is 1. The fraction of sp³-hybridized carbons (Fsp3) is 0.304. The van der Waals surface area contributed by atoms with Crippen molar-refractivity contribution >= 4 is 39.1 Å². The first kappa shape index (κ1) is 21.5. The van der Waals surface area contributed by atoms with Crippen molar-refractivity contribution in [3.63, 3.8) is 0 Å². The lowest BCUT2D eigenvalue weighted by Gasteiger charge is -2.66. The normalized spacial score (nSPS) is 24.6. The van der Waals surface area contributed by atoms with Crippen LogP contribution in [0.25, 0.3) is 10.2 Å². The predicted octanol–water partition coefficient (Wildman–Crippen LogP) is 4.05. The number of rotatable bonds is 5. The van der Waals surface area contributed by atoms with Crippen LogP contribution in [0.1, 0.15) is 40.0 Å². The van der Waals surface area contributed by atoms with Crippen LogP contribution in [0.5, 0.6) is 17.2 Å². The van der Waals surface area contributed by atoms with Gasteiger partial charge >= 0.3 is 6.29 Å². The zero-order valence-corrected chi connectivity index (χ0v) is 18.9. The standard InChI is InChI=1S/C23H16F2N4O5S/c1-32-14-3-2-12-18(35-10-27-12)17(14)20(31)28-13-5-16-15(33-23(24,25)34-16)4-11(13)19(30)29-22-6-21(7-22,8-22)9-26/h2-5,10H,6-8H2,1H3,(H,28,31)(H,29,30). The van der Waals surface area contributed by atoms with Crippen LogP contribution >= 0.6 is 11.3 Å². The number of nitrogens with one attached hydrogen (secondary N) is 2. The van der Waals surface area contributed by atoms with Crippen LogP contribution in [0.3, 0.4) is 0 Å². The van der Waals surface area contributed by atoms with Gasteiger partial charge in [-0.1, -0.05) is 0 Å². The zero-order valence-electron chi connectivity index (χ0n) is 18.1. The molecule has 3 aliphatic carbocycles. The molecule has 0 unspecified atom stereocenters. The number of fused-ring (bicyclic) bond motifs is 2. The minimum absolute atomic E-state index is 0.0438. The third-order valence-corrected chi connectivity index (χ3v) is 7.45. The highest BCUT2D eigenvalue weighted by molar-refractivity contribution is 7.17. The SMILES string of the molecule is COc1ccc2ncsc2c1C(=O)Nc1cc2c(cc1C(=O)NC13CC(C#N)(C1)C3)OC(F)(F)O2. The number of nitriles is 1. The number of methoxy groups -OCH3 is 1. The lowest BCUT2D eigenvalue weighted by atomic mass is 9.40. The molecule has 1 aliphatic heterocycles. The smallest absolute Gasteiger partial charge is 0.496 e. The molecule has 3 fully saturated rings. The number of carbonyl (C=O) groups excluding carboxylic acids is 2. The molecule has 3 aromatic rings. The van der Waals surface area contributed by atoms with Crippen molar-refractivity contribution < 1.29 is 32.6 Å². The Bertz CT molecular complexity index is 1460. The third kappa shape index (κ3) is 3.26. The Morgan fingerprint density at radius 2 is 1.89 bits per heavy atom. The van der Waals surface area contributed by atoms with Crippen molar-refractivity contribution in [3.05, 3.63) is 40.9 Å². The quantitative estimate of drug-likeness (QED) is 0.544. The van der Waals surface area contributed by atoms with Crippen molar-refractivity contribution in [3.8, 4) is 23.3 Å². The number of alkyl halides is 2. The van der Waals surface area contributed by atoms with Crippen LogP contribution in [-0.2, 0) is 0 Å². The first-order chi connectivity index (χ1) is 16.7. The molecule has 3 saturated carbocycles. The van der Waals surface area contributed by atoms with Crippen LogP contribution in [0.2, 0.25) is 0 Å². The maximum atomic E-state index is 13.7. The molecule has 2 amide bonds. The van der Waals surface area contributed by atoms with Crippen LogP contribution in [0.15, 0.2) is 29.8 Å². The molecule has 0 saturated heterocycles. The summed E-state index contributed by atoms with van der Waals surface area (Å²) < 4.78 is 42.3. The fourth-order valence-corrected chi connectivity index (χ4v) is 5.94. The Kier molecular flexibility index (Phi) is 4.32. The maximum absolute atomic E-state index is 13.7. The van der Waals surface area contributed by atoms with Crippen molar-refractivity contribution in [1.82, 2.24) is 10.3 Å². The highest BCUT2D eigenvalue weighted by Crippen LogP contribution is 2.66. The molecule has 12 heteroatoms. The highest BCUT2D eigenvalue weighted by atomic mass is 32.1. The van der Waals surface area contributed by atoms with Crippen molar-refractivity contribution in [1.29, 1.82) is 5.26 Å². The lowest BCUT2D eigenvalue weighted by Crippen LogP contribution is -2.74. The van der Waals surface area contributed by atoms with Gasteiger partial charge in [0.15, 0.2) is 11.5 Å². The van der Waals surface area contributed by atoms with Crippen molar-refractivity contribution in [2.45, 2.75) is 31.1 Å². The molecule has 2 heterocycles. The fourth-order valence-electron chi connectivity index (χ4n) is 5.12. The van der Waals surface area contributed by atoms with E-state index in [1.54, 1.807) is 17.6 Å². The van der Waals surface area contributed by atoms with Gasteiger partial charge in [0.1, 0.15) is 11.3 Å². The van der Waals surface area contributed by atoms with Gasteiger partial charge < -0.3 is 24.8 Å². The highest BCUT2D eigenvalue weighted by Gasteiger charge is 2.69. The summed E-state index contributed by atoms with van der Waals surface area (Å²) in [5.41, 5.74) is 1.33. The van der Waals surface area contributed by atoms with E-state index in [1.165, 1.54) is 18.4 Å². The maximum Gasteiger partial charge on any atom is 0.586 e. The molecule has 9 nitrogen and oxygen atoms in total. The molecule has 7 rings (SSSR count).